The Morgan fingerprint density at radius 3 is 2.53 bits per heavy atom. The lowest BCUT2D eigenvalue weighted by atomic mass is 9.74. The zero-order valence-corrected chi connectivity index (χ0v) is 21.8. The summed E-state index contributed by atoms with van der Waals surface area (Å²) in [5.41, 5.74) is -2.24. The van der Waals surface area contributed by atoms with Gasteiger partial charge in [-0.2, -0.15) is 0 Å². The minimum atomic E-state index is -1.21. The van der Waals surface area contributed by atoms with Crippen LogP contribution in [0, 0.1) is 11.8 Å². The Labute approximate surface area is 214 Å². The van der Waals surface area contributed by atoms with Gasteiger partial charge in [-0.1, -0.05) is 56.9 Å². The Hall–Kier alpha value is -2.19. The number of aliphatic hydroxyl groups is 1. The van der Waals surface area contributed by atoms with E-state index in [1.54, 1.807) is 4.90 Å². The number of nitrogens with zero attached hydrogens (tertiary/aromatic N) is 2. The fraction of sp³-hybridized carbons (Fsp3) is 0.750. The van der Waals surface area contributed by atoms with E-state index >= 15 is 0 Å². The molecule has 4 aliphatic rings. The van der Waals surface area contributed by atoms with Crippen molar-refractivity contribution in [2.45, 2.75) is 88.9 Å². The van der Waals surface area contributed by atoms with Crippen LogP contribution in [0.2, 0.25) is 0 Å². The van der Waals surface area contributed by atoms with Crippen molar-refractivity contribution in [2.75, 3.05) is 32.8 Å². The van der Waals surface area contributed by atoms with Gasteiger partial charge in [0.1, 0.15) is 17.6 Å². The molecule has 0 saturated carbocycles. The number of carbonyl (C=O) groups is 3. The summed E-state index contributed by atoms with van der Waals surface area (Å²) >= 11 is 0. The van der Waals surface area contributed by atoms with Gasteiger partial charge in [0.15, 0.2) is 0 Å². The molecule has 0 radical (unpaired) electrons. The number of likely N-dealkylation sites (tertiary alicyclic amines) is 1. The summed E-state index contributed by atoms with van der Waals surface area (Å²) in [6.07, 6.45) is 15.4. The highest BCUT2D eigenvalue weighted by molar-refractivity contribution is 5.99. The molecule has 1 spiro atoms. The summed E-state index contributed by atoms with van der Waals surface area (Å²) in [5.74, 6) is -2.35. The number of unbranched alkanes of at least 4 members (excludes halogenated alkanes) is 5. The van der Waals surface area contributed by atoms with Crippen molar-refractivity contribution in [1.82, 2.24) is 9.80 Å². The number of amides is 2. The topological polar surface area (TPSA) is 96.4 Å². The average Bonchev–Trinajstić information content (AvgIpc) is 3.20. The van der Waals surface area contributed by atoms with E-state index in [1.807, 2.05) is 36.1 Å². The third-order valence-corrected chi connectivity index (χ3v) is 8.17. The predicted octanol–water partition coefficient (Wildman–Crippen LogP) is 2.99. The number of aliphatic hydroxyl groups excluding tert-OH is 1. The van der Waals surface area contributed by atoms with Crippen molar-refractivity contribution in [3.63, 3.8) is 0 Å². The zero-order chi connectivity index (χ0) is 25.8. The fourth-order valence-electron chi connectivity index (χ4n) is 6.42. The van der Waals surface area contributed by atoms with Crippen molar-refractivity contribution >= 4 is 17.8 Å². The van der Waals surface area contributed by atoms with Gasteiger partial charge in [-0.15, -0.1) is 0 Å². The van der Waals surface area contributed by atoms with Crippen LogP contribution in [0.5, 0.6) is 0 Å². The Balaban J connectivity index is 1.71. The summed E-state index contributed by atoms with van der Waals surface area (Å²) in [5, 5.41) is 9.10. The molecule has 0 aromatic rings. The fourth-order valence-corrected chi connectivity index (χ4v) is 6.42. The lowest BCUT2D eigenvalue weighted by Crippen LogP contribution is -2.56. The number of hydrogen-bond acceptors (Lipinski definition) is 6. The number of fused-ring (bicyclic) bond motifs is 2. The number of esters is 1. The minimum absolute atomic E-state index is 0.102. The van der Waals surface area contributed by atoms with Gasteiger partial charge in [-0.05, 0) is 39.0 Å². The number of ether oxygens (including phenoxy) is 2. The highest BCUT2D eigenvalue weighted by atomic mass is 16.6. The second-order valence-corrected chi connectivity index (χ2v) is 10.8. The Morgan fingerprint density at radius 2 is 1.75 bits per heavy atom. The third-order valence-electron chi connectivity index (χ3n) is 8.17. The summed E-state index contributed by atoms with van der Waals surface area (Å²) in [4.78, 5) is 45.0. The van der Waals surface area contributed by atoms with Crippen molar-refractivity contribution < 1.29 is 29.0 Å². The first-order valence-corrected chi connectivity index (χ1v) is 13.8. The van der Waals surface area contributed by atoms with Gasteiger partial charge in [0.2, 0.25) is 11.8 Å². The molecular weight excluding hydrogens is 460 g/mol. The maximum Gasteiger partial charge on any atom is 0.313 e. The molecule has 4 aliphatic heterocycles. The minimum Gasteiger partial charge on any atom is -0.465 e. The first kappa shape index (κ1) is 26.9. The number of allylic oxidation sites excluding steroid dienone is 1. The van der Waals surface area contributed by atoms with Gasteiger partial charge in [0, 0.05) is 26.2 Å². The quantitative estimate of drug-likeness (QED) is 0.280. The van der Waals surface area contributed by atoms with Gasteiger partial charge < -0.3 is 24.4 Å². The molecule has 8 nitrogen and oxygen atoms in total. The molecular formula is C28H42N2O6. The van der Waals surface area contributed by atoms with E-state index < -0.39 is 35.0 Å². The lowest BCUT2D eigenvalue weighted by molar-refractivity contribution is -0.159. The monoisotopic (exact) mass is 502 g/mol. The second-order valence-electron chi connectivity index (χ2n) is 10.8. The molecule has 4 heterocycles. The zero-order valence-electron chi connectivity index (χ0n) is 21.8. The highest BCUT2D eigenvalue weighted by Gasteiger charge is 2.74. The molecule has 2 amide bonds. The van der Waals surface area contributed by atoms with Gasteiger partial charge in [0.05, 0.1) is 18.1 Å². The molecule has 200 valence electrons. The number of hydrogen-bond donors (Lipinski definition) is 1. The predicted molar refractivity (Wildman–Crippen MR) is 135 cm³/mol. The van der Waals surface area contributed by atoms with Crippen LogP contribution in [-0.4, -0.2) is 82.8 Å². The van der Waals surface area contributed by atoms with Gasteiger partial charge >= 0.3 is 5.97 Å². The smallest absolute Gasteiger partial charge is 0.313 e. The Kier molecular flexibility index (Phi) is 8.56. The molecule has 1 unspecified atom stereocenters. The largest absolute Gasteiger partial charge is 0.465 e. The van der Waals surface area contributed by atoms with Crippen molar-refractivity contribution in [2.24, 2.45) is 11.8 Å². The average molecular weight is 503 g/mol. The highest BCUT2D eigenvalue weighted by Crippen LogP contribution is 2.57. The molecule has 36 heavy (non-hydrogen) atoms. The lowest BCUT2D eigenvalue weighted by Gasteiger charge is -2.37. The molecule has 1 N–H and O–H groups in total. The molecule has 0 aromatic heterocycles. The van der Waals surface area contributed by atoms with Crippen LogP contribution in [0.25, 0.3) is 0 Å². The van der Waals surface area contributed by atoms with Crippen LogP contribution in [0.3, 0.4) is 0 Å². The number of cyclic esters (lactones) is 1. The van der Waals surface area contributed by atoms with E-state index in [0.717, 1.165) is 57.8 Å². The van der Waals surface area contributed by atoms with Crippen LogP contribution in [0.1, 0.15) is 71.6 Å². The summed E-state index contributed by atoms with van der Waals surface area (Å²) in [6, 6.07) is -0.804. The maximum absolute atomic E-state index is 14.1. The number of rotatable bonds is 10. The SMILES string of the molecule is CCCCCN1CC=C[C@]23O[C@@]4(C)/C=C\CCCOC(=O)[C@H]4[C@H]2C(=O)N(CCCCCCO)C3C1=O. The summed E-state index contributed by atoms with van der Waals surface area (Å²) in [6.45, 7) is 5.96. The van der Waals surface area contributed by atoms with Gasteiger partial charge in [-0.3, -0.25) is 14.4 Å². The first-order chi connectivity index (χ1) is 17.4. The normalized spacial score (nSPS) is 34.9. The molecule has 0 aliphatic carbocycles. The molecule has 2 fully saturated rings. The molecule has 2 saturated heterocycles. The van der Waals surface area contributed by atoms with Crippen molar-refractivity contribution in [3.05, 3.63) is 24.3 Å². The van der Waals surface area contributed by atoms with E-state index in [4.69, 9.17) is 14.6 Å². The third kappa shape index (κ3) is 4.86. The van der Waals surface area contributed by atoms with E-state index in [9.17, 15) is 14.4 Å². The van der Waals surface area contributed by atoms with Crippen LogP contribution in [-0.2, 0) is 23.9 Å². The molecule has 0 bridgehead atoms. The van der Waals surface area contributed by atoms with E-state index in [1.165, 1.54) is 0 Å². The van der Waals surface area contributed by atoms with Crippen LogP contribution in [0.4, 0.5) is 0 Å². The Bertz CT molecular complexity index is 887. The second kappa shape index (κ2) is 11.5. The molecule has 5 atom stereocenters. The summed E-state index contributed by atoms with van der Waals surface area (Å²) in [7, 11) is 0. The molecule has 4 rings (SSSR count). The van der Waals surface area contributed by atoms with E-state index in [2.05, 4.69) is 6.92 Å². The summed E-state index contributed by atoms with van der Waals surface area (Å²) < 4.78 is 12.4. The van der Waals surface area contributed by atoms with Crippen LogP contribution < -0.4 is 0 Å². The van der Waals surface area contributed by atoms with Gasteiger partial charge in [0.25, 0.3) is 0 Å². The van der Waals surface area contributed by atoms with Gasteiger partial charge in [-0.25, -0.2) is 0 Å². The molecule has 0 aromatic carbocycles. The maximum atomic E-state index is 14.1. The van der Waals surface area contributed by atoms with Crippen molar-refractivity contribution in [3.8, 4) is 0 Å². The molecule has 8 heteroatoms. The van der Waals surface area contributed by atoms with E-state index in [0.29, 0.717) is 26.2 Å². The first-order valence-electron chi connectivity index (χ1n) is 13.8. The van der Waals surface area contributed by atoms with Crippen LogP contribution in [0.15, 0.2) is 24.3 Å². The Morgan fingerprint density at radius 1 is 0.972 bits per heavy atom. The van der Waals surface area contributed by atoms with E-state index in [-0.39, 0.29) is 18.4 Å². The number of carbonyl (C=O) groups excluding carboxylic acids is 3. The van der Waals surface area contributed by atoms with Crippen LogP contribution >= 0.6 is 0 Å². The van der Waals surface area contributed by atoms with Crippen molar-refractivity contribution in [1.29, 1.82) is 0 Å². The standard InChI is InChI=1S/C28H42N2O6/c1-3-4-9-16-29-17-13-15-28-21(22-26(34)35-20-12-7-8-14-27(22,2)36-28)24(32)30(23(28)25(29)33)18-10-5-6-11-19-31/h8,13-15,21-23,31H,3-7,9-12,16-20H2,1-2H3/b14-8-/t21-,22+,23?,27-,28-/m0/s1.